The van der Waals surface area contributed by atoms with Gasteiger partial charge >= 0.3 is 0 Å². The van der Waals surface area contributed by atoms with E-state index < -0.39 is 0 Å². The molecule has 3 nitrogen and oxygen atoms in total. The molecule has 1 heterocycles. The number of aryl methyl sites for hydroxylation is 2. The van der Waals surface area contributed by atoms with Crippen LogP contribution in [0.25, 0.3) is 10.9 Å². The van der Waals surface area contributed by atoms with Crippen molar-refractivity contribution in [3.05, 3.63) is 35.0 Å². The predicted octanol–water partition coefficient (Wildman–Crippen LogP) is 3.06. The fraction of sp³-hybridized carbons (Fsp3) is 0.286. The second-order valence-electron chi connectivity index (χ2n) is 4.05. The van der Waals surface area contributed by atoms with Gasteiger partial charge in [0.25, 0.3) is 0 Å². The Labute approximate surface area is 100 Å². The quantitative estimate of drug-likeness (QED) is 0.759. The number of rotatable bonds is 3. The van der Waals surface area contributed by atoms with Gasteiger partial charge in [-0.05, 0) is 38.5 Å². The van der Waals surface area contributed by atoms with Gasteiger partial charge in [0.2, 0.25) is 0 Å². The first-order chi connectivity index (χ1) is 8.15. The van der Waals surface area contributed by atoms with Crippen molar-refractivity contribution < 1.29 is 9.53 Å². The summed E-state index contributed by atoms with van der Waals surface area (Å²) in [5.74, 6) is 0.793. The van der Waals surface area contributed by atoms with Crippen molar-refractivity contribution in [3.8, 4) is 5.75 Å². The first kappa shape index (κ1) is 11.6. The highest BCUT2D eigenvalue weighted by Gasteiger charge is 2.08. The van der Waals surface area contributed by atoms with Crippen LogP contribution in [0.4, 0.5) is 0 Å². The highest BCUT2D eigenvalue weighted by Crippen LogP contribution is 2.28. The molecule has 0 fully saturated rings. The molecule has 17 heavy (non-hydrogen) atoms. The number of aldehydes is 1. The van der Waals surface area contributed by atoms with Crippen molar-refractivity contribution in [1.29, 1.82) is 0 Å². The molecule has 88 valence electrons. The fourth-order valence-electron chi connectivity index (χ4n) is 1.96. The topological polar surface area (TPSA) is 39.2 Å². The van der Waals surface area contributed by atoms with Crippen LogP contribution < -0.4 is 4.74 Å². The Balaban J connectivity index is 2.79. The monoisotopic (exact) mass is 229 g/mol. The highest BCUT2D eigenvalue weighted by atomic mass is 16.5. The molecule has 0 unspecified atom stereocenters. The Kier molecular flexibility index (Phi) is 3.09. The molecular weight excluding hydrogens is 214 g/mol. The standard InChI is InChI=1S/C14H15NO2/c1-4-17-13-6-10(3)15-14-9(2)5-11(8-16)7-12(13)14/h5-8H,4H2,1-3H3. The van der Waals surface area contributed by atoms with Gasteiger partial charge < -0.3 is 4.74 Å². The van der Waals surface area contributed by atoms with Crippen LogP contribution >= 0.6 is 0 Å². The van der Waals surface area contributed by atoms with Gasteiger partial charge in [-0.15, -0.1) is 0 Å². The van der Waals surface area contributed by atoms with E-state index in [-0.39, 0.29) is 0 Å². The summed E-state index contributed by atoms with van der Waals surface area (Å²) in [6, 6.07) is 5.57. The molecule has 0 N–H and O–H groups in total. The van der Waals surface area contributed by atoms with E-state index in [2.05, 4.69) is 4.98 Å². The van der Waals surface area contributed by atoms with Crippen molar-refractivity contribution in [2.75, 3.05) is 6.61 Å². The number of hydrogen-bond acceptors (Lipinski definition) is 3. The maximum atomic E-state index is 10.9. The summed E-state index contributed by atoms with van der Waals surface area (Å²) >= 11 is 0. The second kappa shape index (κ2) is 4.53. The molecule has 0 radical (unpaired) electrons. The Morgan fingerprint density at radius 2 is 2.06 bits per heavy atom. The van der Waals surface area contributed by atoms with E-state index in [9.17, 15) is 4.79 Å². The lowest BCUT2D eigenvalue weighted by Gasteiger charge is -2.10. The Morgan fingerprint density at radius 3 is 2.71 bits per heavy atom. The van der Waals surface area contributed by atoms with Crippen molar-refractivity contribution in [3.63, 3.8) is 0 Å². The van der Waals surface area contributed by atoms with E-state index in [0.29, 0.717) is 12.2 Å². The molecule has 0 aliphatic heterocycles. The molecule has 1 aromatic carbocycles. The average molecular weight is 229 g/mol. The zero-order valence-corrected chi connectivity index (χ0v) is 10.3. The third kappa shape index (κ3) is 2.13. The number of pyridine rings is 1. The van der Waals surface area contributed by atoms with E-state index in [0.717, 1.165) is 34.2 Å². The van der Waals surface area contributed by atoms with Crippen LogP contribution in [0.5, 0.6) is 5.75 Å². The molecule has 2 rings (SSSR count). The molecule has 3 heteroatoms. The first-order valence-corrected chi connectivity index (χ1v) is 5.65. The second-order valence-corrected chi connectivity index (χ2v) is 4.05. The number of benzene rings is 1. The van der Waals surface area contributed by atoms with Crippen LogP contribution in [0.1, 0.15) is 28.5 Å². The third-order valence-corrected chi connectivity index (χ3v) is 2.65. The largest absolute Gasteiger partial charge is 0.493 e. The lowest BCUT2D eigenvalue weighted by atomic mass is 10.1. The molecule has 0 bridgehead atoms. The molecule has 0 amide bonds. The van der Waals surface area contributed by atoms with Crippen LogP contribution in [0, 0.1) is 13.8 Å². The van der Waals surface area contributed by atoms with Crippen LogP contribution in [-0.4, -0.2) is 17.9 Å². The summed E-state index contributed by atoms with van der Waals surface area (Å²) in [5.41, 5.74) is 3.47. The summed E-state index contributed by atoms with van der Waals surface area (Å²) in [5, 5.41) is 0.902. The maximum absolute atomic E-state index is 10.9. The van der Waals surface area contributed by atoms with E-state index in [1.807, 2.05) is 39.0 Å². The molecule has 0 aliphatic carbocycles. The molecule has 0 saturated carbocycles. The molecule has 1 aromatic heterocycles. The number of carbonyl (C=O) groups excluding carboxylic acids is 1. The molecule has 0 aliphatic rings. The van der Waals surface area contributed by atoms with Crippen molar-refractivity contribution >= 4 is 17.2 Å². The van der Waals surface area contributed by atoms with Gasteiger partial charge in [0.05, 0.1) is 12.1 Å². The summed E-state index contributed by atoms with van der Waals surface area (Å²) < 4.78 is 5.60. The summed E-state index contributed by atoms with van der Waals surface area (Å²) in [6.07, 6.45) is 0.849. The van der Waals surface area contributed by atoms with E-state index in [4.69, 9.17) is 4.74 Å². The highest BCUT2D eigenvalue weighted by molar-refractivity contribution is 5.93. The average Bonchev–Trinajstić information content (AvgIpc) is 2.30. The van der Waals surface area contributed by atoms with Crippen LogP contribution in [0.2, 0.25) is 0 Å². The summed E-state index contributed by atoms with van der Waals surface area (Å²) in [6.45, 7) is 6.44. The van der Waals surface area contributed by atoms with Gasteiger partial charge in [0, 0.05) is 22.7 Å². The van der Waals surface area contributed by atoms with Gasteiger partial charge in [0.15, 0.2) is 0 Å². The van der Waals surface area contributed by atoms with Crippen LogP contribution in [0.3, 0.4) is 0 Å². The van der Waals surface area contributed by atoms with Gasteiger partial charge in [-0.2, -0.15) is 0 Å². The Hall–Kier alpha value is -1.90. The number of fused-ring (bicyclic) bond motifs is 1. The minimum absolute atomic E-state index is 0.600. The van der Waals surface area contributed by atoms with Crippen molar-refractivity contribution in [2.24, 2.45) is 0 Å². The summed E-state index contributed by atoms with van der Waals surface area (Å²) in [4.78, 5) is 15.4. The fourth-order valence-corrected chi connectivity index (χ4v) is 1.96. The normalized spacial score (nSPS) is 10.5. The van der Waals surface area contributed by atoms with Crippen molar-refractivity contribution in [2.45, 2.75) is 20.8 Å². The van der Waals surface area contributed by atoms with Gasteiger partial charge in [-0.1, -0.05) is 0 Å². The lowest BCUT2D eigenvalue weighted by Crippen LogP contribution is -1.97. The number of nitrogens with zero attached hydrogens (tertiary/aromatic N) is 1. The molecule has 2 aromatic rings. The van der Waals surface area contributed by atoms with E-state index in [1.165, 1.54) is 0 Å². The summed E-state index contributed by atoms with van der Waals surface area (Å²) in [7, 11) is 0. The molecule has 0 saturated heterocycles. The zero-order chi connectivity index (χ0) is 12.4. The minimum Gasteiger partial charge on any atom is -0.493 e. The number of carbonyl (C=O) groups is 1. The van der Waals surface area contributed by atoms with Crippen molar-refractivity contribution in [1.82, 2.24) is 4.98 Å². The Morgan fingerprint density at radius 1 is 1.29 bits per heavy atom. The lowest BCUT2D eigenvalue weighted by molar-refractivity contribution is 0.112. The smallest absolute Gasteiger partial charge is 0.150 e. The van der Waals surface area contributed by atoms with Crippen LogP contribution in [0.15, 0.2) is 18.2 Å². The SMILES string of the molecule is CCOc1cc(C)nc2c(C)cc(C=O)cc12. The van der Waals surface area contributed by atoms with Gasteiger partial charge in [-0.25, -0.2) is 0 Å². The predicted molar refractivity (Wildman–Crippen MR) is 67.8 cm³/mol. The minimum atomic E-state index is 0.600. The maximum Gasteiger partial charge on any atom is 0.150 e. The van der Waals surface area contributed by atoms with Gasteiger partial charge in [-0.3, -0.25) is 9.78 Å². The third-order valence-electron chi connectivity index (χ3n) is 2.65. The van der Waals surface area contributed by atoms with E-state index >= 15 is 0 Å². The molecule has 0 atom stereocenters. The molecule has 0 spiro atoms. The van der Waals surface area contributed by atoms with Gasteiger partial charge in [0.1, 0.15) is 12.0 Å². The molecular formula is C14H15NO2. The number of ether oxygens (including phenoxy) is 1. The number of hydrogen-bond donors (Lipinski definition) is 0. The zero-order valence-electron chi connectivity index (χ0n) is 10.3. The van der Waals surface area contributed by atoms with Crippen LogP contribution in [-0.2, 0) is 0 Å². The first-order valence-electron chi connectivity index (χ1n) is 5.65. The Bertz CT molecular complexity index is 576. The van der Waals surface area contributed by atoms with E-state index in [1.54, 1.807) is 0 Å². The number of aromatic nitrogens is 1.